The first kappa shape index (κ1) is 17.1. The second-order valence-electron chi connectivity index (χ2n) is 6.59. The average molecular weight is 366 g/mol. The summed E-state index contributed by atoms with van der Waals surface area (Å²) >= 11 is 0. The van der Waals surface area contributed by atoms with Crippen molar-refractivity contribution in [3.05, 3.63) is 53.6 Å². The van der Waals surface area contributed by atoms with E-state index in [2.05, 4.69) is 0 Å². The van der Waals surface area contributed by atoms with Crippen LogP contribution in [0.1, 0.15) is 22.8 Å². The Morgan fingerprint density at radius 2 is 1.85 bits per heavy atom. The number of hydrogen-bond donors (Lipinski definition) is 1. The fraction of sp³-hybridized carbons (Fsp3) is 0.250. The molecule has 138 valence electrons. The van der Waals surface area contributed by atoms with Gasteiger partial charge in [0.05, 0.1) is 12.2 Å². The van der Waals surface area contributed by atoms with E-state index in [-0.39, 0.29) is 18.4 Å². The van der Waals surface area contributed by atoms with Crippen molar-refractivity contribution >= 4 is 29.2 Å². The zero-order valence-corrected chi connectivity index (χ0v) is 14.7. The van der Waals surface area contributed by atoms with Crippen molar-refractivity contribution in [3.63, 3.8) is 0 Å². The lowest BCUT2D eigenvalue weighted by molar-refractivity contribution is -0.144. The maximum Gasteiger partial charge on any atom is 0.346 e. The molecule has 2 aliphatic rings. The number of rotatable bonds is 2. The normalized spacial score (nSPS) is 17.7. The highest BCUT2D eigenvalue weighted by Gasteiger charge is 2.34. The topological polar surface area (TPSA) is 87.2 Å². The van der Waals surface area contributed by atoms with Gasteiger partial charge < -0.3 is 19.6 Å². The number of fused-ring (bicyclic) bond motifs is 2. The van der Waals surface area contributed by atoms with E-state index in [4.69, 9.17) is 4.74 Å². The van der Waals surface area contributed by atoms with E-state index in [1.165, 1.54) is 11.8 Å². The molecule has 7 nitrogen and oxygen atoms in total. The molecule has 0 saturated carbocycles. The van der Waals surface area contributed by atoms with Crippen molar-refractivity contribution in [2.45, 2.75) is 19.4 Å². The van der Waals surface area contributed by atoms with Gasteiger partial charge in [0.15, 0.2) is 0 Å². The van der Waals surface area contributed by atoms with Gasteiger partial charge in [0.1, 0.15) is 5.75 Å². The predicted octanol–water partition coefficient (Wildman–Crippen LogP) is 2.09. The van der Waals surface area contributed by atoms with Crippen molar-refractivity contribution in [1.29, 1.82) is 0 Å². The first-order valence-electron chi connectivity index (χ1n) is 8.67. The van der Waals surface area contributed by atoms with E-state index in [0.29, 0.717) is 30.0 Å². The van der Waals surface area contributed by atoms with Gasteiger partial charge in [-0.2, -0.15) is 0 Å². The Morgan fingerprint density at radius 1 is 1.07 bits per heavy atom. The van der Waals surface area contributed by atoms with Crippen molar-refractivity contribution in [2.75, 3.05) is 22.9 Å². The predicted molar refractivity (Wildman–Crippen MR) is 98.3 cm³/mol. The summed E-state index contributed by atoms with van der Waals surface area (Å²) in [6.45, 7) is 2.05. The largest absolute Gasteiger partial charge is 0.478 e. The second-order valence-corrected chi connectivity index (χ2v) is 6.59. The Bertz CT molecular complexity index is 955. The highest BCUT2D eigenvalue weighted by molar-refractivity contribution is 6.08. The number of carbonyl (C=O) groups excluding carboxylic acids is 2. The van der Waals surface area contributed by atoms with Crippen molar-refractivity contribution in [1.82, 2.24) is 0 Å². The van der Waals surface area contributed by atoms with Crippen LogP contribution in [-0.2, 0) is 16.0 Å². The fourth-order valence-electron chi connectivity index (χ4n) is 3.57. The van der Waals surface area contributed by atoms with Crippen LogP contribution in [0.5, 0.6) is 5.75 Å². The molecule has 0 aliphatic carbocycles. The lowest BCUT2D eigenvalue weighted by Crippen LogP contribution is -2.47. The van der Waals surface area contributed by atoms with Gasteiger partial charge in [-0.15, -0.1) is 0 Å². The average Bonchev–Trinajstić information content (AvgIpc) is 3.10. The Balaban J connectivity index is 1.69. The smallest absolute Gasteiger partial charge is 0.346 e. The maximum atomic E-state index is 13.1. The van der Waals surface area contributed by atoms with Crippen LogP contribution < -0.4 is 14.5 Å². The fourth-order valence-corrected chi connectivity index (χ4v) is 3.57. The summed E-state index contributed by atoms with van der Waals surface area (Å²) in [6.07, 6.45) is -0.431. The molecular weight excluding hydrogens is 348 g/mol. The minimum atomic E-state index is -1.12. The number of hydrogen-bond acceptors (Lipinski definition) is 4. The lowest BCUT2D eigenvalue weighted by atomic mass is 10.1. The standard InChI is InChI=1S/C20H18N2O5/c1-12(23)21-9-8-13-10-14(6-7-15(13)21)19(24)22-11-18(20(25)26)27-17-5-3-2-4-16(17)22/h2-7,10,18H,8-9,11H2,1H3,(H,25,26)/t18-/m1/s1. The Morgan fingerprint density at radius 3 is 2.59 bits per heavy atom. The molecule has 2 aromatic rings. The molecule has 7 heteroatoms. The number of carbonyl (C=O) groups is 3. The minimum Gasteiger partial charge on any atom is -0.478 e. The SMILES string of the molecule is CC(=O)N1CCc2cc(C(=O)N3C[C@H](C(=O)O)Oc4ccccc43)ccc21. The zero-order chi connectivity index (χ0) is 19.1. The summed E-state index contributed by atoms with van der Waals surface area (Å²) in [5.41, 5.74) is 2.77. The number of aliphatic carboxylic acids is 1. The van der Waals surface area contributed by atoms with Gasteiger partial charge in [0.2, 0.25) is 12.0 Å². The van der Waals surface area contributed by atoms with E-state index in [9.17, 15) is 19.5 Å². The van der Waals surface area contributed by atoms with Gasteiger partial charge in [-0.3, -0.25) is 9.59 Å². The molecule has 0 radical (unpaired) electrons. The molecule has 2 amide bonds. The van der Waals surface area contributed by atoms with Crippen LogP contribution in [0.4, 0.5) is 11.4 Å². The number of carboxylic acids is 1. The summed E-state index contributed by atoms with van der Waals surface area (Å²) < 4.78 is 5.49. The number of benzene rings is 2. The van der Waals surface area contributed by atoms with E-state index in [1.54, 1.807) is 47.4 Å². The van der Waals surface area contributed by atoms with E-state index in [0.717, 1.165) is 11.3 Å². The first-order valence-corrected chi connectivity index (χ1v) is 8.67. The molecule has 2 aliphatic heterocycles. The van der Waals surface area contributed by atoms with Crippen LogP contribution in [0.25, 0.3) is 0 Å². The number of anilines is 2. The quantitative estimate of drug-likeness (QED) is 0.879. The summed E-state index contributed by atoms with van der Waals surface area (Å²) in [7, 11) is 0. The number of amides is 2. The third-order valence-corrected chi connectivity index (χ3v) is 4.90. The van der Waals surface area contributed by atoms with Crippen LogP contribution >= 0.6 is 0 Å². The zero-order valence-electron chi connectivity index (χ0n) is 14.7. The minimum absolute atomic E-state index is 0.0285. The highest BCUT2D eigenvalue weighted by atomic mass is 16.5. The third-order valence-electron chi connectivity index (χ3n) is 4.90. The van der Waals surface area contributed by atoms with Crippen molar-refractivity contribution in [3.8, 4) is 5.75 Å². The van der Waals surface area contributed by atoms with E-state index >= 15 is 0 Å². The van der Waals surface area contributed by atoms with Gasteiger partial charge in [0.25, 0.3) is 5.91 Å². The van der Waals surface area contributed by atoms with Gasteiger partial charge in [-0.05, 0) is 42.3 Å². The summed E-state index contributed by atoms with van der Waals surface area (Å²) in [4.78, 5) is 39.4. The summed E-state index contributed by atoms with van der Waals surface area (Å²) in [6, 6.07) is 12.1. The molecule has 2 heterocycles. The lowest BCUT2D eigenvalue weighted by Gasteiger charge is -2.33. The van der Waals surface area contributed by atoms with Crippen molar-refractivity contribution < 1.29 is 24.2 Å². The molecule has 0 spiro atoms. The van der Waals surface area contributed by atoms with Gasteiger partial charge in [-0.1, -0.05) is 12.1 Å². The van der Waals surface area contributed by atoms with E-state index in [1.807, 2.05) is 0 Å². The molecule has 4 rings (SSSR count). The van der Waals surface area contributed by atoms with E-state index < -0.39 is 12.1 Å². The number of ether oxygens (including phenoxy) is 1. The number of para-hydroxylation sites is 2. The number of nitrogens with zero attached hydrogens (tertiary/aromatic N) is 2. The van der Waals surface area contributed by atoms with Gasteiger partial charge >= 0.3 is 5.97 Å². The molecule has 27 heavy (non-hydrogen) atoms. The molecule has 2 aromatic carbocycles. The monoisotopic (exact) mass is 366 g/mol. The van der Waals surface area contributed by atoms with Crippen LogP contribution in [0.3, 0.4) is 0 Å². The molecule has 0 saturated heterocycles. The van der Waals surface area contributed by atoms with Crippen LogP contribution in [0, 0.1) is 0 Å². The highest BCUT2D eigenvalue weighted by Crippen LogP contribution is 2.35. The molecule has 0 fully saturated rings. The molecular formula is C20H18N2O5. The molecule has 0 bridgehead atoms. The van der Waals surface area contributed by atoms with Crippen molar-refractivity contribution in [2.24, 2.45) is 0 Å². The number of carboxylic acid groups (broad SMARTS) is 1. The Kier molecular flexibility index (Phi) is 4.07. The Labute approximate surface area is 155 Å². The van der Waals surface area contributed by atoms with Crippen LogP contribution in [-0.4, -0.2) is 42.1 Å². The third kappa shape index (κ3) is 2.91. The Hall–Kier alpha value is -3.35. The summed E-state index contributed by atoms with van der Waals surface area (Å²) in [5.74, 6) is -1.07. The van der Waals surface area contributed by atoms with Crippen LogP contribution in [0.15, 0.2) is 42.5 Å². The molecule has 0 aromatic heterocycles. The van der Waals surface area contributed by atoms with Crippen LogP contribution in [0.2, 0.25) is 0 Å². The molecule has 1 N–H and O–H groups in total. The van der Waals surface area contributed by atoms with Gasteiger partial charge in [-0.25, -0.2) is 4.79 Å². The molecule has 1 atom stereocenters. The molecule has 0 unspecified atom stereocenters. The second kappa shape index (κ2) is 6.42. The van der Waals surface area contributed by atoms with Gasteiger partial charge in [0, 0.05) is 24.7 Å². The maximum absolute atomic E-state index is 13.1. The summed E-state index contributed by atoms with van der Waals surface area (Å²) in [5, 5.41) is 9.34. The first-order chi connectivity index (χ1) is 13.0.